The average Bonchev–Trinajstić information content (AvgIpc) is 1.51. The van der Waals surface area contributed by atoms with E-state index in [-0.39, 0.29) is 0 Å². The highest BCUT2D eigenvalue weighted by atomic mass is 15.0. The van der Waals surface area contributed by atoms with E-state index in [1.165, 1.54) is 0 Å². The number of hydrogen-bond acceptors (Lipinski definition) is 0. The Labute approximate surface area is 378 Å². The minimum atomic E-state index is -1.26. The molecule has 0 atom stereocenters. The third-order valence-electron chi connectivity index (χ3n) is 9.29. The molecule has 0 aliphatic carbocycles. The first kappa shape index (κ1) is 12.7. The molecular weight excluding hydrogens is 691 g/mol. The smallest absolute Gasteiger partial charge is 0.0652 e. The number of aromatic nitrogens is 3. The summed E-state index contributed by atoms with van der Waals surface area (Å²) in [5, 5.41) is -3.91. The van der Waals surface area contributed by atoms with Crippen molar-refractivity contribution in [2.45, 2.75) is 0 Å². The van der Waals surface area contributed by atoms with Gasteiger partial charge in [0.25, 0.3) is 0 Å². The molecule has 0 spiro atoms. The second-order valence-corrected chi connectivity index (χ2v) is 12.3. The van der Waals surface area contributed by atoms with Gasteiger partial charge in [0, 0.05) is 49.3 Å². The van der Waals surface area contributed by atoms with Crippen molar-refractivity contribution in [3.63, 3.8) is 0 Å². The van der Waals surface area contributed by atoms with Gasteiger partial charge in [-0.2, -0.15) is 0 Å². The van der Waals surface area contributed by atoms with Gasteiger partial charge in [0.1, 0.15) is 0 Å². The van der Waals surface area contributed by atoms with Crippen molar-refractivity contribution in [3.05, 3.63) is 211 Å². The standard InChI is InChI=1S/C54H35N3/c1-2-15-36(16-3-1)37-29-31-54-46(34-37)44-22-8-13-28-52(44)57(54)48-24-9-4-19-41(48)38-17-14-18-39(33-38)55-51-27-12-7-23-45(51)47-35-40(30-32-53(47)55)56-49-25-10-5-20-42(49)43-21-6-11-26-50(43)56/h1-35H/i1D,2D,3D,4D,5D,6D,7D,8D,9D,10D,11D,12D,13D,14D,15D,16D,17D,18D,19D,20D,21D,22D,23D,24D,25D,26D,27D,28D,29D,30D,31D,32D,33D,34D,35D. The lowest BCUT2D eigenvalue weighted by Crippen LogP contribution is -1.98. The minimum Gasteiger partial charge on any atom is -0.309 e. The van der Waals surface area contributed by atoms with E-state index in [4.69, 9.17) is 26.0 Å². The van der Waals surface area contributed by atoms with Crippen LogP contribution in [0.1, 0.15) is 48.0 Å². The molecular formula is C54H35N3. The maximum Gasteiger partial charge on any atom is 0.0652 e. The molecule has 0 saturated heterocycles. The molecule has 266 valence electrons. The molecule has 0 bridgehead atoms. The van der Waals surface area contributed by atoms with E-state index in [0.29, 0.717) is 9.13 Å². The van der Waals surface area contributed by atoms with Crippen LogP contribution in [0.15, 0.2) is 211 Å². The van der Waals surface area contributed by atoms with Crippen molar-refractivity contribution in [3.8, 4) is 39.3 Å². The molecule has 9 aromatic carbocycles. The number of fused-ring (bicyclic) bond motifs is 9. The first-order valence-electron chi connectivity index (χ1n) is 34.3. The number of benzene rings is 9. The molecule has 0 saturated carbocycles. The van der Waals surface area contributed by atoms with Crippen LogP contribution in [-0.4, -0.2) is 13.7 Å². The highest BCUT2D eigenvalue weighted by Crippen LogP contribution is 2.40. The van der Waals surface area contributed by atoms with Gasteiger partial charge < -0.3 is 13.7 Å². The molecule has 12 rings (SSSR count). The summed E-state index contributed by atoms with van der Waals surface area (Å²) in [5.41, 5.74) is -11.2. The average molecular weight is 761 g/mol. The summed E-state index contributed by atoms with van der Waals surface area (Å²) in [4.78, 5) is 0. The van der Waals surface area contributed by atoms with E-state index >= 15 is 0 Å². The molecule has 0 N–H and O–H groups in total. The fourth-order valence-electron chi connectivity index (χ4n) is 6.95. The van der Waals surface area contributed by atoms with Crippen LogP contribution in [0.25, 0.3) is 105 Å². The molecule has 3 heterocycles. The molecule has 0 amide bonds. The molecule has 0 radical (unpaired) electrons. The maximum atomic E-state index is 10.2. The Bertz CT molecular complexity index is 5480. The van der Waals surface area contributed by atoms with Crippen LogP contribution >= 0.6 is 0 Å². The van der Waals surface area contributed by atoms with Gasteiger partial charge in [-0.25, -0.2) is 0 Å². The van der Waals surface area contributed by atoms with Crippen molar-refractivity contribution in [1.29, 1.82) is 0 Å². The van der Waals surface area contributed by atoms with Gasteiger partial charge in [-0.15, -0.1) is 0 Å². The summed E-state index contributed by atoms with van der Waals surface area (Å²) in [7, 11) is 0. The number of rotatable bonds is 5. The summed E-state index contributed by atoms with van der Waals surface area (Å²) >= 11 is 0. The van der Waals surface area contributed by atoms with E-state index in [2.05, 4.69) is 0 Å². The third-order valence-corrected chi connectivity index (χ3v) is 9.29. The Balaban J connectivity index is 1.29. The Morgan fingerprint density at radius 3 is 1.39 bits per heavy atom. The fraction of sp³-hybridized carbons (Fsp3) is 0. The Kier molecular flexibility index (Phi) is 2.78. The zero-order valence-corrected chi connectivity index (χ0v) is 28.3. The van der Waals surface area contributed by atoms with Crippen LogP contribution < -0.4 is 0 Å². The zero-order chi connectivity index (χ0) is 67.9. The van der Waals surface area contributed by atoms with E-state index < -0.39 is 316 Å². The van der Waals surface area contributed by atoms with Crippen molar-refractivity contribution in [2.75, 3.05) is 0 Å². The van der Waals surface area contributed by atoms with Gasteiger partial charge in [0.05, 0.1) is 86.8 Å². The molecule has 3 aromatic heterocycles. The molecule has 0 aliphatic heterocycles. The normalized spacial score (nSPS) is 20.5. The van der Waals surface area contributed by atoms with E-state index in [1.54, 1.807) is 0 Å². The van der Waals surface area contributed by atoms with Crippen LogP contribution in [0.5, 0.6) is 0 Å². The molecule has 3 nitrogen and oxygen atoms in total. The van der Waals surface area contributed by atoms with Gasteiger partial charge >= 0.3 is 0 Å². The lowest BCUT2D eigenvalue weighted by atomic mass is 10.0. The predicted octanol–water partition coefficient (Wildman–Crippen LogP) is 14.3. The summed E-state index contributed by atoms with van der Waals surface area (Å²) in [6, 6.07) is -35.8. The van der Waals surface area contributed by atoms with Gasteiger partial charge in [-0.3, -0.25) is 0 Å². The Morgan fingerprint density at radius 2 is 0.719 bits per heavy atom. The highest BCUT2D eigenvalue weighted by Gasteiger charge is 2.19. The summed E-state index contributed by atoms with van der Waals surface area (Å²) in [6.45, 7) is 0. The van der Waals surface area contributed by atoms with Crippen LogP contribution in [0.3, 0.4) is 0 Å². The summed E-state index contributed by atoms with van der Waals surface area (Å²) in [6.07, 6.45) is 0. The largest absolute Gasteiger partial charge is 0.309 e. The Morgan fingerprint density at radius 1 is 0.263 bits per heavy atom. The lowest BCUT2D eigenvalue weighted by Gasteiger charge is -2.16. The monoisotopic (exact) mass is 761 g/mol. The first-order valence-corrected chi connectivity index (χ1v) is 16.8. The van der Waals surface area contributed by atoms with Crippen LogP contribution in [-0.2, 0) is 0 Å². The maximum absolute atomic E-state index is 10.2. The van der Waals surface area contributed by atoms with Crippen molar-refractivity contribution < 1.29 is 48.0 Å². The molecule has 0 unspecified atom stereocenters. The predicted molar refractivity (Wildman–Crippen MR) is 240 cm³/mol. The first-order chi connectivity index (χ1) is 42.9. The van der Waals surface area contributed by atoms with Crippen molar-refractivity contribution in [2.24, 2.45) is 0 Å². The minimum absolute atomic E-state index is 0.520. The van der Waals surface area contributed by atoms with Gasteiger partial charge in [0.15, 0.2) is 0 Å². The van der Waals surface area contributed by atoms with E-state index in [9.17, 15) is 21.9 Å². The van der Waals surface area contributed by atoms with E-state index in [0.717, 1.165) is 4.57 Å². The third kappa shape index (κ3) is 4.79. The molecule has 0 aliphatic rings. The number of nitrogens with zero attached hydrogens (tertiary/aromatic N) is 3. The second-order valence-electron chi connectivity index (χ2n) is 12.3. The molecule has 3 heteroatoms. The van der Waals surface area contributed by atoms with Gasteiger partial charge in [-0.1, -0.05) is 139 Å². The molecule has 0 fully saturated rings. The quantitative estimate of drug-likeness (QED) is 0.166. The van der Waals surface area contributed by atoms with Crippen molar-refractivity contribution >= 4 is 65.4 Å². The molecule has 12 aromatic rings. The topological polar surface area (TPSA) is 14.8 Å². The number of hydrogen-bond donors (Lipinski definition) is 0. The Hall–Kier alpha value is -7.62. The van der Waals surface area contributed by atoms with Crippen LogP contribution in [0.2, 0.25) is 0 Å². The summed E-state index contributed by atoms with van der Waals surface area (Å²) < 4.78 is 322. The second kappa shape index (κ2) is 12.5. The van der Waals surface area contributed by atoms with Gasteiger partial charge in [0.2, 0.25) is 0 Å². The van der Waals surface area contributed by atoms with Crippen LogP contribution in [0.4, 0.5) is 0 Å². The fourth-order valence-corrected chi connectivity index (χ4v) is 6.95. The number of para-hydroxylation sites is 5. The zero-order valence-electron chi connectivity index (χ0n) is 63.3. The SMILES string of the molecule is [2H]c1c([2H])c([2H])c(-c2c([2H])c([2H])c3c(c2[2H])c2c([2H])c([2H])c([2H])c([2H])c2n3-c2c([2H])c([2H])c([2H])c([2H])c2-c2c([2H])c([2H])c([2H])c(-n3c4c([2H])c([2H])c([2H])c([2H])c4c4c([2H])c(-n5c6c([2H])c([2H])c([2H])c([2H])c6c6c([2H])c([2H])c([2H])c([2H])c65)c([2H])c([2H])c43)c2[2H])c([2H])c1[2H]. The van der Waals surface area contributed by atoms with Crippen molar-refractivity contribution in [1.82, 2.24) is 13.7 Å². The summed E-state index contributed by atoms with van der Waals surface area (Å²) in [5.74, 6) is 0. The van der Waals surface area contributed by atoms with Crippen LogP contribution in [0, 0.1) is 0 Å². The molecule has 57 heavy (non-hydrogen) atoms. The lowest BCUT2D eigenvalue weighted by molar-refractivity contribution is 1.16. The highest BCUT2D eigenvalue weighted by molar-refractivity contribution is 6.13. The van der Waals surface area contributed by atoms with Gasteiger partial charge in [-0.05, 0) is 89.2 Å². The van der Waals surface area contributed by atoms with E-state index in [1.807, 2.05) is 0 Å².